The average Bonchev–Trinajstić information content (AvgIpc) is 2.75. The van der Waals surface area contributed by atoms with Crippen molar-refractivity contribution in [1.29, 1.82) is 0 Å². The summed E-state index contributed by atoms with van der Waals surface area (Å²) < 4.78 is 5.46. The molecular formula is C23H41IN6O2. The largest absolute Gasteiger partial charge is 0.444 e. The Bertz CT molecular complexity index is 711. The molecule has 1 amide bonds. The molecule has 0 unspecified atom stereocenters. The van der Waals surface area contributed by atoms with E-state index in [1.54, 1.807) is 7.05 Å². The molecule has 32 heavy (non-hydrogen) atoms. The number of carbonyl (C=O) groups is 1. The lowest BCUT2D eigenvalue weighted by Crippen LogP contribution is -2.58. The van der Waals surface area contributed by atoms with E-state index in [1.807, 2.05) is 39.1 Å². The summed E-state index contributed by atoms with van der Waals surface area (Å²) in [6.07, 6.45) is 5.05. The van der Waals surface area contributed by atoms with Gasteiger partial charge in [-0.25, -0.2) is 9.78 Å². The number of ether oxygens (including phenoxy) is 1. The first-order valence-corrected chi connectivity index (χ1v) is 11.3. The molecule has 2 rings (SSSR count). The molecule has 1 aromatic rings. The highest BCUT2D eigenvalue weighted by Crippen LogP contribution is 2.18. The van der Waals surface area contributed by atoms with Gasteiger partial charge in [-0.3, -0.25) is 4.99 Å². The van der Waals surface area contributed by atoms with E-state index >= 15 is 0 Å². The number of aliphatic imine (C=N–C) groups is 1. The van der Waals surface area contributed by atoms with Crippen LogP contribution in [0.3, 0.4) is 0 Å². The Hall–Kier alpha value is -1.78. The van der Waals surface area contributed by atoms with Crippen molar-refractivity contribution >= 4 is 41.8 Å². The summed E-state index contributed by atoms with van der Waals surface area (Å²) in [6.45, 7) is 12.3. The van der Waals surface area contributed by atoms with Crippen LogP contribution >= 0.6 is 24.0 Å². The lowest BCUT2D eigenvalue weighted by atomic mass is 9.93. The minimum atomic E-state index is -0.521. The number of nitrogens with zero attached hydrogens (tertiary/aromatic N) is 3. The molecule has 9 heteroatoms. The molecule has 2 heterocycles. The summed E-state index contributed by atoms with van der Waals surface area (Å²) >= 11 is 0. The van der Waals surface area contributed by atoms with Crippen LogP contribution in [0, 0.1) is 0 Å². The summed E-state index contributed by atoms with van der Waals surface area (Å²) in [5, 5.41) is 10.0. The highest BCUT2D eigenvalue weighted by Gasteiger charge is 2.31. The number of hydrogen-bond acceptors (Lipinski definition) is 5. The second kappa shape index (κ2) is 13.1. The standard InChI is InChI=1S/C23H40N6O2.HI/c1-7-23(8-2,28-21(30)31-22(3,4)5)17-26-20(24-6)27-18-12-15-29(16-13-18)19-11-9-10-14-25-19;/h9-11,14,18H,7-8,12-13,15-17H2,1-6H3,(H,28,30)(H2,24,26,27);1H. The lowest BCUT2D eigenvalue weighted by molar-refractivity contribution is 0.0448. The second-order valence-corrected chi connectivity index (χ2v) is 9.13. The fourth-order valence-electron chi connectivity index (χ4n) is 3.68. The molecule has 8 nitrogen and oxygen atoms in total. The quantitative estimate of drug-likeness (QED) is 0.266. The Kier molecular flexibility index (Phi) is 11.5. The molecule has 1 fully saturated rings. The molecule has 182 valence electrons. The van der Waals surface area contributed by atoms with Crippen LogP contribution in [-0.2, 0) is 4.74 Å². The van der Waals surface area contributed by atoms with Crippen molar-refractivity contribution in [3.63, 3.8) is 0 Å². The van der Waals surface area contributed by atoms with Crippen LogP contribution in [0.4, 0.5) is 10.6 Å². The number of guanidine groups is 1. The van der Waals surface area contributed by atoms with Crippen LogP contribution in [-0.4, -0.2) is 60.9 Å². The van der Waals surface area contributed by atoms with Gasteiger partial charge in [0.15, 0.2) is 5.96 Å². The number of rotatable bonds is 7. The van der Waals surface area contributed by atoms with E-state index in [0.29, 0.717) is 12.6 Å². The van der Waals surface area contributed by atoms with Gasteiger partial charge >= 0.3 is 6.09 Å². The van der Waals surface area contributed by atoms with Gasteiger partial charge in [-0.05, 0) is 58.6 Å². The molecule has 0 atom stereocenters. The van der Waals surface area contributed by atoms with E-state index in [9.17, 15) is 4.79 Å². The maximum Gasteiger partial charge on any atom is 0.408 e. The summed E-state index contributed by atoms with van der Waals surface area (Å²) in [5.74, 6) is 1.79. The topological polar surface area (TPSA) is 90.9 Å². The first-order chi connectivity index (χ1) is 14.7. The predicted molar refractivity (Wildman–Crippen MR) is 142 cm³/mol. The zero-order chi connectivity index (χ0) is 22.9. The van der Waals surface area contributed by atoms with Crippen LogP contribution < -0.4 is 20.9 Å². The van der Waals surface area contributed by atoms with E-state index in [-0.39, 0.29) is 30.1 Å². The number of amides is 1. The normalized spacial score (nSPS) is 15.6. The Morgan fingerprint density at radius 2 is 1.88 bits per heavy atom. The van der Waals surface area contributed by atoms with Gasteiger partial charge in [-0.2, -0.15) is 0 Å². The summed E-state index contributed by atoms with van der Waals surface area (Å²) in [5.41, 5.74) is -0.922. The van der Waals surface area contributed by atoms with E-state index < -0.39 is 11.1 Å². The number of carbonyl (C=O) groups excluding carboxylic acids is 1. The molecule has 0 aromatic carbocycles. The average molecular weight is 561 g/mol. The van der Waals surface area contributed by atoms with E-state index in [2.05, 4.69) is 50.7 Å². The van der Waals surface area contributed by atoms with Crippen LogP contribution in [0.5, 0.6) is 0 Å². The number of nitrogens with one attached hydrogen (secondary N) is 3. The third-order valence-electron chi connectivity index (χ3n) is 5.75. The smallest absolute Gasteiger partial charge is 0.408 e. The molecule has 0 bridgehead atoms. The van der Waals surface area contributed by atoms with Gasteiger partial charge in [-0.1, -0.05) is 19.9 Å². The number of piperidine rings is 1. The van der Waals surface area contributed by atoms with Crippen LogP contribution in [0.25, 0.3) is 0 Å². The number of alkyl carbamates (subject to hydrolysis) is 1. The number of pyridine rings is 1. The molecule has 3 N–H and O–H groups in total. The Labute approximate surface area is 210 Å². The van der Waals surface area contributed by atoms with Crippen LogP contribution in [0.2, 0.25) is 0 Å². The van der Waals surface area contributed by atoms with Crippen molar-refractivity contribution in [3.05, 3.63) is 24.4 Å². The van der Waals surface area contributed by atoms with Crippen LogP contribution in [0.1, 0.15) is 60.3 Å². The zero-order valence-corrected chi connectivity index (χ0v) is 22.7. The Balaban J connectivity index is 0.00000512. The summed E-state index contributed by atoms with van der Waals surface area (Å²) in [7, 11) is 1.78. The number of anilines is 1. The van der Waals surface area contributed by atoms with Crippen molar-refractivity contribution < 1.29 is 9.53 Å². The molecule has 0 saturated carbocycles. The third-order valence-corrected chi connectivity index (χ3v) is 5.75. The first kappa shape index (κ1) is 28.3. The monoisotopic (exact) mass is 560 g/mol. The Morgan fingerprint density at radius 3 is 2.38 bits per heavy atom. The maximum atomic E-state index is 12.4. The van der Waals surface area contributed by atoms with E-state index in [0.717, 1.165) is 50.6 Å². The first-order valence-electron chi connectivity index (χ1n) is 11.3. The maximum absolute atomic E-state index is 12.4. The lowest BCUT2D eigenvalue weighted by Gasteiger charge is -2.36. The van der Waals surface area contributed by atoms with Gasteiger partial charge in [0, 0.05) is 38.9 Å². The molecule has 1 aromatic heterocycles. The molecule has 1 aliphatic rings. The van der Waals surface area contributed by atoms with Crippen molar-refractivity contribution in [3.8, 4) is 0 Å². The predicted octanol–water partition coefficient (Wildman–Crippen LogP) is 3.92. The molecular weight excluding hydrogens is 519 g/mol. The van der Waals surface area contributed by atoms with Gasteiger partial charge in [0.25, 0.3) is 0 Å². The van der Waals surface area contributed by atoms with Crippen molar-refractivity contribution in [1.82, 2.24) is 20.9 Å². The second-order valence-electron chi connectivity index (χ2n) is 9.13. The van der Waals surface area contributed by atoms with Crippen molar-refractivity contribution in [2.75, 3.05) is 31.6 Å². The fourth-order valence-corrected chi connectivity index (χ4v) is 3.68. The van der Waals surface area contributed by atoms with Gasteiger partial charge in [0.2, 0.25) is 0 Å². The number of hydrogen-bond donors (Lipinski definition) is 3. The van der Waals surface area contributed by atoms with Gasteiger partial charge in [-0.15, -0.1) is 24.0 Å². The van der Waals surface area contributed by atoms with E-state index in [4.69, 9.17) is 4.74 Å². The molecule has 1 saturated heterocycles. The van der Waals surface area contributed by atoms with Crippen LogP contribution in [0.15, 0.2) is 29.4 Å². The van der Waals surface area contributed by atoms with E-state index in [1.165, 1.54) is 0 Å². The molecule has 0 aliphatic carbocycles. The minimum Gasteiger partial charge on any atom is -0.444 e. The highest BCUT2D eigenvalue weighted by molar-refractivity contribution is 14.0. The molecule has 0 radical (unpaired) electrons. The third kappa shape index (κ3) is 8.99. The number of halogens is 1. The van der Waals surface area contributed by atoms with Gasteiger partial charge in [0.05, 0.1) is 5.54 Å². The summed E-state index contributed by atoms with van der Waals surface area (Å²) in [6, 6.07) is 6.37. The minimum absolute atomic E-state index is 0. The molecule has 1 aliphatic heterocycles. The van der Waals surface area contributed by atoms with Gasteiger partial charge < -0.3 is 25.6 Å². The fraction of sp³-hybridized carbons (Fsp3) is 0.696. The van der Waals surface area contributed by atoms with Gasteiger partial charge in [0.1, 0.15) is 11.4 Å². The summed E-state index contributed by atoms with van der Waals surface area (Å²) in [4.78, 5) is 23.5. The zero-order valence-electron chi connectivity index (χ0n) is 20.4. The SMILES string of the molecule is CCC(CC)(CNC(=NC)NC1CCN(c2ccccn2)CC1)NC(=O)OC(C)(C)C.I. The molecule has 0 spiro atoms. The Morgan fingerprint density at radius 1 is 1.22 bits per heavy atom. The van der Waals surface area contributed by atoms with Crippen molar-refractivity contribution in [2.24, 2.45) is 4.99 Å². The van der Waals surface area contributed by atoms with Crippen molar-refractivity contribution in [2.45, 2.75) is 77.5 Å². The number of aromatic nitrogens is 1. The highest BCUT2D eigenvalue weighted by atomic mass is 127.